The molecular weight excluding hydrogens is 188 g/mol. The van der Waals surface area contributed by atoms with E-state index in [1.807, 2.05) is 0 Å². The maximum atomic E-state index is 11.2. The molecule has 2 rings (SSSR count). The molecule has 2 aliphatic rings. The van der Waals surface area contributed by atoms with E-state index in [1.165, 1.54) is 44.9 Å². The number of carboxylic acid groups (broad SMARTS) is 1. The lowest BCUT2D eigenvalue weighted by atomic mass is 9.68. The van der Waals surface area contributed by atoms with E-state index in [4.69, 9.17) is 0 Å². The quantitative estimate of drug-likeness (QED) is 0.758. The average Bonchev–Trinajstić information content (AvgIpc) is 2.30. The summed E-state index contributed by atoms with van der Waals surface area (Å²) in [4.78, 5) is 11.2. The van der Waals surface area contributed by atoms with Gasteiger partial charge in [-0.25, -0.2) is 0 Å². The molecule has 2 aliphatic carbocycles. The van der Waals surface area contributed by atoms with Crippen LogP contribution in [-0.2, 0) is 4.79 Å². The normalized spacial score (nSPS) is 33.9. The van der Waals surface area contributed by atoms with E-state index < -0.39 is 5.97 Å². The second-order valence-electron chi connectivity index (χ2n) is 5.29. The molecule has 2 nitrogen and oxygen atoms in total. The van der Waals surface area contributed by atoms with Crippen LogP contribution in [0.3, 0.4) is 0 Å². The van der Waals surface area contributed by atoms with Crippen molar-refractivity contribution < 1.29 is 9.90 Å². The third-order valence-corrected chi connectivity index (χ3v) is 4.39. The van der Waals surface area contributed by atoms with Crippen LogP contribution in [0, 0.1) is 17.8 Å². The molecule has 2 saturated carbocycles. The summed E-state index contributed by atoms with van der Waals surface area (Å²) < 4.78 is 0. The van der Waals surface area contributed by atoms with E-state index in [1.54, 1.807) is 0 Å². The van der Waals surface area contributed by atoms with E-state index in [2.05, 4.69) is 0 Å². The molecule has 0 heterocycles. The van der Waals surface area contributed by atoms with Gasteiger partial charge in [-0.15, -0.1) is 0 Å². The van der Waals surface area contributed by atoms with E-state index >= 15 is 0 Å². The zero-order valence-corrected chi connectivity index (χ0v) is 9.45. The molecule has 0 amide bonds. The molecule has 0 aliphatic heterocycles. The van der Waals surface area contributed by atoms with Gasteiger partial charge >= 0.3 is 5.97 Å². The highest BCUT2D eigenvalue weighted by atomic mass is 16.4. The van der Waals surface area contributed by atoms with Crippen LogP contribution < -0.4 is 0 Å². The fourth-order valence-corrected chi connectivity index (χ4v) is 3.59. The summed E-state index contributed by atoms with van der Waals surface area (Å²) in [7, 11) is 0. The molecule has 0 spiro atoms. The summed E-state index contributed by atoms with van der Waals surface area (Å²) in [5, 5.41) is 9.24. The largest absolute Gasteiger partial charge is 0.481 e. The second kappa shape index (κ2) is 5.00. The molecule has 15 heavy (non-hydrogen) atoms. The van der Waals surface area contributed by atoms with Crippen molar-refractivity contribution in [2.75, 3.05) is 0 Å². The zero-order valence-electron chi connectivity index (χ0n) is 9.45. The van der Waals surface area contributed by atoms with Gasteiger partial charge in [0.15, 0.2) is 0 Å². The summed E-state index contributed by atoms with van der Waals surface area (Å²) in [6.45, 7) is 0. The SMILES string of the molecule is O=C(O)C1CCCCC1C1CCCCC1. The number of hydrogen-bond acceptors (Lipinski definition) is 1. The average molecular weight is 210 g/mol. The topological polar surface area (TPSA) is 37.3 Å². The van der Waals surface area contributed by atoms with Crippen molar-refractivity contribution in [3.05, 3.63) is 0 Å². The minimum absolute atomic E-state index is 0.0261. The number of rotatable bonds is 2. The van der Waals surface area contributed by atoms with Gasteiger partial charge in [-0.1, -0.05) is 44.9 Å². The smallest absolute Gasteiger partial charge is 0.306 e. The van der Waals surface area contributed by atoms with Crippen LogP contribution in [0.5, 0.6) is 0 Å². The summed E-state index contributed by atoms with van der Waals surface area (Å²) in [5.41, 5.74) is 0. The van der Waals surface area contributed by atoms with Crippen LogP contribution >= 0.6 is 0 Å². The molecule has 0 aromatic heterocycles. The molecule has 0 aromatic rings. The fourth-order valence-electron chi connectivity index (χ4n) is 3.59. The van der Waals surface area contributed by atoms with Gasteiger partial charge in [0.1, 0.15) is 0 Å². The summed E-state index contributed by atoms with van der Waals surface area (Å²) >= 11 is 0. The van der Waals surface area contributed by atoms with Crippen LogP contribution in [0.4, 0.5) is 0 Å². The second-order valence-corrected chi connectivity index (χ2v) is 5.29. The van der Waals surface area contributed by atoms with E-state index in [-0.39, 0.29) is 5.92 Å². The van der Waals surface area contributed by atoms with Gasteiger partial charge in [0.05, 0.1) is 5.92 Å². The maximum Gasteiger partial charge on any atom is 0.306 e. The lowest BCUT2D eigenvalue weighted by Crippen LogP contribution is -2.33. The standard InChI is InChI=1S/C13H22O2/c14-13(15)12-9-5-4-8-11(12)10-6-2-1-3-7-10/h10-12H,1-9H2,(H,14,15). The van der Waals surface area contributed by atoms with Crippen molar-refractivity contribution in [1.82, 2.24) is 0 Å². The lowest BCUT2D eigenvalue weighted by molar-refractivity contribution is -0.146. The Bertz CT molecular complexity index is 219. The van der Waals surface area contributed by atoms with E-state index in [0.717, 1.165) is 18.8 Å². The predicted molar refractivity (Wildman–Crippen MR) is 59.7 cm³/mol. The third kappa shape index (κ3) is 2.53. The molecule has 0 saturated heterocycles. The molecule has 0 aromatic carbocycles. The van der Waals surface area contributed by atoms with Gasteiger partial charge < -0.3 is 5.11 Å². The maximum absolute atomic E-state index is 11.2. The Hall–Kier alpha value is -0.530. The first kappa shape index (κ1) is 11.0. The van der Waals surface area contributed by atoms with Gasteiger partial charge in [-0.05, 0) is 24.7 Å². The van der Waals surface area contributed by atoms with Crippen molar-refractivity contribution in [3.8, 4) is 0 Å². The number of aliphatic carboxylic acids is 1. The highest BCUT2D eigenvalue weighted by molar-refractivity contribution is 5.70. The van der Waals surface area contributed by atoms with Crippen LogP contribution in [0.25, 0.3) is 0 Å². The Morgan fingerprint density at radius 2 is 1.47 bits per heavy atom. The van der Waals surface area contributed by atoms with Crippen molar-refractivity contribution in [1.29, 1.82) is 0 Å². The van der Waals surface area contributed by atoms with E-state index in [0.29, 0.717) is 5.92 Å². The highest BCUT2D eigenvalue weighted by Crippen LogP contribution is 2.41. The highest BCUT2D eigenvalue weighted by Gasteiger charge is 2.36. The van der Waals surface area contributed by atoms with Crippen LogP contribution in [-0.4, -0.2) is 11.1 Å². The molecular formula is C13H22O2. The predicted octanol–water partition coefficient (Wildman–Crippen LogP) is 3.46. The van der Waals surface area contributed by atoms with Crippen molar-refractivity contribution in [3.63, 3.8) is 0 Å². The first-order valence-corrected chi connectivity index (χ1v) is 6.52. The molecule has 86 valence electrons. The zero-order chi connectivity index (χ0) is 10.7. The number of carbonyl (C=O) groups is 1. The Morgan fingerprint density at radius 1 is 0.867 bits per heavy atom. The van der Waals surface area contributed by atoms with E-state index in [9.17, 15) is 9.90 Å². The summed E-state index contributed by atoms with van der Waals surface area (Å²) in [6, 6.07) is 0. The van der Waals surface area contributed by atoms with Gasteiger partial charge in [-0.3, -0.25) is 4.79 Å². The monoisotopic (exact) mass is 210 g/mol. The number of carboxylic acids is 1. The van der Waals surface area contributed by atoms with Gasteiger partial charge in [0.25, 0.3) is 0 Å². The minimum atomic E-state index is -0.537. The molecule has 2 fully saturated rings. The first-order chi connectivity index (χ1) is 7.29. The van der Waals surface area contributed by atoms with Crippen LogP contribution in [0.15, 0.2) is 0 Å². The summed E-state index contributed by atoms with van der Waals surface area (Å²) in [5.74, 6) is 0.656. The Labute approximate surface area is 92.1 Å². The Kier molecular flexibility index (Phi) is 3.66. The molecule has 0 bridgehead atoms. The Morgan fingerprint density at radius 3 is 2.13 bits per heavy atom. The van der Waals surface area contributed by atoms with Crippen LogP contribution in [0.1, 0.15) is 57.8 Å². The van der Waals surface area contributed by atoms with Crippen LogP contribution in [0.2, 0.25) is 0 Å². The molecule has 2 unspecified atom stereocenters. The third-order valence-electron chi connectivity index (χ3n) is 4.39. The minimum Gasteiger partial charge on any atom is -0.481 e. The van der Waals surface area contributed by atoms with Gasteiger partial charge in [0.2, 0.25) is 0 Å². The molecule has 2 heteroatoms. The van der Waals surface area contributed by atoms with Gasteiger partial charge in [-0.2, -0.15) is 0 Å². The van der Waals surface area contributed by atoms with Gasteiger partial charge in [0, 0.05) is 0 Å². The van der Waals surface area contributed by atoms with Crippen molar-refractivity contribution in [2.24, 2.45) is 17.8 Å². The molecule has 2 atom stereocenters. The van der Waals surface area contributed by atoms with Crippen molar-refractivity contribution in [2.45, 2.75) is 57.8 Å². The Balaban J connectivity index is 1.99. The number of hydrogen-bond donors (Lipinski definition) is 1. The lowest BCUT2D eigenvalue weighted by Gasteiger charge is -2.37. The fraction of sp³-hybridized carbons (Fsp3) is 0.923. The summed E-state index contributed by atoms with van der Waals surface area (Å²) in [6.07, 6.45) is 11.1. The molecule has 0 radical (unpaired) electrons. The first-order valence-electron chi connectivity index (χ1n) is 6.52. The molecule has 1 N–H and O–H groups in total. The van der Waals surface area contributed by atoms with Crippen molar-refractivity contribution >= 4 is 5.97 Å².